The summed E-state index contributed by atoms with van der Waals surface area (Å²) in [6.45, 7) is 6.54. The van der Waals surface area contributed by atoms with Crippen LogP contribution in [-0.2, 0) is 14.3 Å². The first kappa shape index (κ1) is 23.4. The van der Waals surface area contributed by atoms with Crippen LogP contribution in [0.4, 0.5) is 4.79 Å². The number of carbonyl (C=O) groups is 3. The van der Waals surface area contributed by atoms with E-state index in [2.05, 4.69) is 29.6 Å². The summed E-state index contributed by atoms with van der Waals surface area (Å²) in [6, 6.07) is 15.9. The largest absolute Gasteiger partial charge is 0.479 e. The van der Waals surface area contributed by atoms with E-state index in [1.54, 1.807) is 0 Å². The molecule has 1 unspecified atom stereocenters. The highest BCUT2D eigenvalue weighted by molar-refractivity contribution is 5.90. The first-order valence-electron chi connectivity index (χ1n) is 12.3. The summed E-state index contributed by atoms with van der Waals surface area (Å²) >= 11 is 0. The number of benzene rings is 2. The first-order chi connectivity index (χ1) is 16.6. The third-order valence-corrected chi connectivity index (χ3v) is 8.04. The van der Waals surface area contributed by atoms with Crippen LogP contribution < -0.4 is 5.32 Å². The Hall–Kier alpha value is -3.35. The third kappa shape index (κ3) is 3.87. The van der Waals surface area contributed by atoms with E-state index in [-0.39, 0.29) is 36.2 Å². The van der Waals surface area contributed by atoms with Crippen molar-refractivity contribution < 1.29 is 24.2 Å². The van der Waals surface area contributed by atoms with E-state index in [0.29, 0.717) is 19.4 Å². The van der Waals surface area contributed by atoms with Crippen molar-refractivity contribution >= 4 is 18.0 Å². The number of alkyl carbamates (subject to hydrolysis) is 1. The molecule has 7 heteroatoms. The predicted molar refractivity (Wildman–Crippen MR) is 131 cm³/mol. The number of amides is 2. The molecule has 4 aliphatic rings. The van der Waals surface area contributed by atoms with Crippen LogP contribution in [0.3, 0.4) is 0 Å². The number of hydrogen-bond acceptors (Lipinski definition) is 4. The van der Waals surface area contributed by atoms with Gasteiger partial charge in [-0.2, -0.15) is 0 Å². The number of ether oxygens (including phenoxy) is 1. The van der Waals surface area contributed by atoms with Gasteiger partial charge in [0.15, 0.2) is 0 Å². The van der Waals surface area contributed by atoms with E-state index >= 15 is 0 Å². The number of rotatable bonds is 7. The van der Waals surface area contributed by atoms with Crippen LogP contribution in [0.15, 0.2) is 48.5 Å². The molecule has 2 saturated heterocycles. The van der Waals surface area contributed by atoms with E-state index in [4.69, 9.17) is 4.74 Å². The van der Waals surface area contributed by atoms with Gasteiger partial charge in [-0.3, -0.25) is 4.79 Å². The number of fused-ring (bicyclic) bond motifs is 4. The maximum absolute atomic E-state index is 13.1. The van der Waals surface area contributed by atoms with Crippen LogP contribution in [0.25, 0.3) is 11.1 Å². The van der Waals surface area contributed by atoms with Crippen molar-refractivity contribution in [1.29, 1.82) is 0 Å². The van der Waals surface area contributed by atoms with Gasteiger partial charge >= 0.3 is 12.1 Å². The molecule has 1 atom stereocenters. The van der Waals surface area contributed by atoms with Crippen LogP contribution in [0.1, 0.15) is 57.1 Å². The van der Waals surface area contributed by atoms with Crippen LogP contribution >= 0.6 is 0 Å². The predicted octanol–water partition coefficient (Wildman–Crippen LogP) is 4.41. The molecule has 2 aliphatic carbocycles. The zero-order valence-electron chi connectivity index (χ0n) is 20.4. The topological polar surface area (TPSA) is 95.9 Å². The molecule has 0 spiro atoms. The van der Waals surface area contributed by atoms with Gasteiger partial charge < -0.3 is 20.1 Å². The molecule has 1 saturated carbocycles. The number of carboxylic acids is 1. The molecule has 2 heterocycles. The molecule has 7 nitrogen and oxygen atoms in total. The van der Waals surface area contributed by atoms with E-state index < -0.39 is 23.6 Å². The molecular formula is C28H32N2O5. The Labute approximate surface area is 205 Å². The zero-order chi connectivity index (χ0) is 25.0. The van der Waals surface area contributed by atoms with Gasteiger partial charge in [-0.05, 0) is 46.4 Å². The quantitative estimate of drug-likeness (QED) is 0.617. The number of nitrogens with zero attached hydrogens (tertiary/aromatic N) is 1. The lowest BCUT2D eigenvalue weighted by atomic mass is 9.63. The maximum atomic E-state index is 13.1. The zero-order valence-corrected chi connectivity index (χ0v) is 20.4. The number of nitrogens with one attached hydrogen (secondary N) is 1. The number of hydrogen-bond donors (Lipinski definition) is 2. The fourth-order valence-corrected chi connectivity index (χ4v) is 6.33. The average Bonchev–Trinajstić information content (AvgIpc) is 3.41. The van der Waals surface area contributed by atoms with Gasteiger partial charge in [-0.25, -0.2) is 9.59 Å². The summed E-state index contributed by atoms with van der Waals surface area (Å²) in [5.41, 5.74) is 3.38. The van der Waals surface area contributed by atoms with Crippen molar-refractivity contribution in [3.8, 4) is 11.1 Å². The minimum Gasteiger partial charge on any atom is -0.479 e. The number of carboxylic acid groups (broad SMARTS) is 1. The maximum Gasteiger partial charge on any atom is 0.407 e. The molecule has 2 aromatic carbocycles. The van der Waals surface area contributed by atoms with Crippen LogP contribution in [0.2, 0.25) is 0 Å². The van der Waals surface area contributed by atoms with E-state index in [0.717, 1.165) is 22.3 Å². The third-order valence-electron chi connectivity index (χ3n) is 8.04. The summed E-state index contributed by atoms with van der Waals surface area (Å²) < 4.78 is 5.66. The smallest absolute Gasteiger partial charge is 0.407 e. The fourth-order valence-electron chi connectivity index (χ4n) is 6.33. The summed E-state index contributed by atoms with van der Waals surface area (Å²) in [5.74, 6) is -1.23. The lowest BCUT2D eigenvalue weighted by molar-refractivity contribution is -0.160. The summed E-state index contributed by atoms with van der Waals surface area (Å²) in [5, 5.41) is 12.6. The van der Waals surface area contributed by atoms with Gasteiger partial charge in [0.05, 0.1) is 0 Å². The Morgan fingerprint density at radius 2 is 1.63 bits per heavy atom. The standard InChI is InChI=1S/C28H32N2O5/c1-17(2)23(12-24(31)30-16-27(3)14-28(30,15-27)25(32)33)29-26(34)35-13-22-20-10-6-4-8-18(20)19-9-5-7-11-21(19)22/h4-11,17,22-23H,12-16H2,1-3H3,(H,29,34)(H,32,33). The monoisotopic (exact) mass is 476 g/mol. The molecule has 184 valence electrons. The van der Waals surface area contributed by atoms with Gasteiger partial charge in [-0.1, -0.05) is 69.3 Å². The molecule has 2 amide bonds. The highest BCUT2D eigenvalue weighted by Crippen LogP contribution is 2.59. The van der Waals surface area contributed by atoms with Crippen LogP contribution in [0.5, 0.6) is 0 Å². The average molecular weight is 477 g/mol. The Bertz CT molecular complexity index is 1140. The molecule has 2 aromatic rings. The van der Waals surface area contributed by atoms with Crippen LogP contribution in [-0.4, -0.2) is 52.7 Å². The SMILES string of the molecule is CC(C)C(CC(=O)N1CC2(C)CC1(C(=O)O)C2)NC(=O)OCC1c2ccccc2-c2ccccc21. The molecule has 0 aromatic heterocycles. The second-order valence-corrected chi connectivity index (χ2v) is 11.0. The first-order valence-corrected chi connectivity index (χ1v) is 12.3. The van der Waals surface area contributed by atoms with Crippen molar-refractivity contribution in [2.45, 2.75) is 57.5 Å². The Morgan fingerprint density at radius 1 is 1.06 bits per heavy atom. The molecule has 2 aliphatic heterocycles. The summed E-state index contributed by atoms with van der Waals surface area (Å²) in [4.78, 5) is 39.4. The molecule has 35 heavy (non-hydrogen) atoms. The van der Waals surface area contributed by atoms with Gasteiger partial charge in [0.2, 0.25) is 5.91 Å². The Morgan fingerprint density at radius 3 is 2.17 bits per heavy atom. The van der Waals surface area contributed by atoms with E-state index in [1.807, 2.05) is 45.0 Å². The lowest BCUT2D eigenvalue weighted by Crippen LogP contribution is -2.57. The highest BCUT2D eigenvalue weighted by Gasteiger charge is 2.68. The summed E-state index contributed by atoms with van der Waals surface area (Å²) in [7, 11) is 0. The molecule has 3 fully saturated rings. The van der Waals surface area contributed by atoms with Gasteiger partial charge in [0.1, 0.15) is 12.1 Å². The van der Waals surface area contributed by atoms with Gasteiger partial charge in [0.25, 0.3) is 0 Å². The van der Waals surface area contributed by atoms with Gasteiger partial charge in [-0.15, -0.1) is 0 Å². The molecular weight excluding hydrogens is 444 g/mol. The molecule has 2 bridgehead atoms. The minimum atomic E-state index is -1.09. The van der Waals surface area contributed by atoms with Crippen molar-refractivity contribution in [2.24, 2.45) is 11.3 Å². The summed E-state index contributed by atoms with van der Waals surface area (Å²) in [6.07, 6.45) is 0.469. The molecule has 0 radical (unpaired) electrons. The second-order valence-electron chi connectivity index (χ2n) is 11.0. The number of carbonyl (C=O) groups excluding carboxylic acids is 2. The van der Waals surface area contributed by atoms with E-state index in [9.17, 15) is 19.5 Å². The van der Waals surface area contributed by atoms with Crippen molar-refractivity contribution in [2.75, 3.05) is 13.2 Å². The lowest BCUT2D eigenvalue weighted by Gasteiger charge is -2.42. The highest BCUT2D eigenvalue weighted by atomic mass is 16.5. The molecule has 6 rings (SSSR count). The minimum absolute atomic E-state index is 0.0200. The van der Waals surface area contributed by atoms with Crippen molar-refractivity contribution in [3.05, 3.63) is 59.7 Å². The normalized spacial score (nSPS) is 25.0. The Balaban J connectivity index is 1.23. The number of aliphatic carboxylic acids is 1. The van der Waals surface area contributed by atoms with Crippen LogP contribution in [0, 0.1) is 11.3 Å². The van der Waals surface area contributed by atoms with Gasteiger partial charge in [0, 0.05) is 24.9 Å². The van der Waals surface area contributed by atoms with E-state index in [1.165, 1.54) is 4.90 Å². The second kappa shape index (κ2) is 8.40. The Kier molecular flexibility index (Phi) is 5.61. The van der Waals surface area contributed by atoms with Crippen molar-refractivity contribution in [1.82, 2.24) is 10.2 Å². The van der Waals surface area contributed by atoms with Crippen molar-refractivity contribution in [3.63, 3.8) is 0 Å². The fraction of sp³-hybridized carbons (Fsp3) is 0.464. The molecule has 2 N–H and O–H groups in total.